The minimum absolute atomic E-state index is 0.0118. The molecule has 0 bridgehead atoms. The molecule has 0 aliphatic rings. The summed E-state index contributed by atoms with van der Waals surface area (Å²) in [6.07, 6.45) is 1.09. The second-order valence-corrected chi connectivity index (χ2v) is 6.25. The zero-order valence-electron chi connectivity index (χ0n) is 12.8. The molecule has 1 N–H and O–H groups in total. The highest BCUT2D eigenvalue weighted by Gasteiger charge is 2.18. The molecule has 1 aromatic carbocycles. The summed E-state index contributed by atoms with van der Waals surface area (Å²) in [6, 6.07) is 6.93. The van der Waals surface area contributed by atoms with Gasteiger partial charge in [-0.25, -0.2) is 4.39 Å². The Balaban J connectivity index is 2.51. The van der Waals surface area contributed by atoms with Crippen molar-refractivity contribution in [3.8, 4) is 0 Å². The second-order valence-electron chi connectivity index (χ2n) is 6.25. The first-order chi connectivity index (χ1) is 9.41. The second kappa shape index (κ2) is 5.88. The summed E-state index contributed by atoms with van der Waals surface area (Å²) in [7, 11) is 0. The lowest BCUT2D eigenvalue weighted by atomic mass is 9.90. The topological polar surface area (TPSA) is 24.9 Å². The van der Waals surface area contributed by atoms with Crippen LogP contribution in [0.1, 0.15) is 45.4 Å². The van der Waals surface area contributed by atoms with Crippen molar-refractivity contribution in [2.75, 3.05) is 6.54 Å². The molecular formula is C17H23FN2. The molecule has 3 heteroatoms. The van der Waals surface area contributed by atoms with Gasteiger partial charge in [-0.1, -0.05) is 27.7 Å². The molecule has 0 atom stereocenters. The fourth-order valence-corrected chi connectivity index (χ4v) is 2.20. The van der Waals surface area contributed by atoms with E-state index >= 15 is 0 Å². The number of aromatic nitrogens is 1. The molecule has 1 aromatic heterocycles. The van der Waals surface area contributed by atoms with Gasteiger partial charge in [0, 0.05) is 23.0 Å². The van der Waals surface area contributed by atoms with E-state index in [9.17, 15) is 4.39 Å². The van der Waals surface area contributed by atoms with Gasteiger partial charge in [-0.05, 0) is 42.8 Å². The summed E-state index contributed by atoms with van der Waals surface area (Å²) in [5.41, 5.74) is 3.02. The summed E-state index contributed by atoms with van der Waals surface area (Å²) < 4.78 is 13.5. The Morgan fingerprint density at radius 2 is 1.95 bits per heavy atom. The monoisotopic (exact) mass is 274 g/mol. The molecule has 1 heterocycles. The number of halogens is 1. The first-order valence-corrected chi connectivity index (χ1v) is 7.22. The van der Waals surface area contributed by atoms with Crippen LogP contribution in [0.15, 0.2) is 24.3 Å². The number of nitrogens with one attached hydrogen (secondary N) is 1. The van der Waals surface area contributed by atoms with Crippen LogP contribution in [0, 0.1) is 5.82 Å². The third kappa shape index (κ3) is 3.34. The van der Waals surface area contributed by atoms with Gasteiger partial charge in [0.1, 0.15) is 5.82 Å². The molecule has 0 aliphatic heterocycles. The molecule has 0 radical (unpaired) electrons. The Bertz CT molecular complexity index is 600. The summed E-state index contributed by atoms with van der Waals surface area (Å²) in [5.74, 6) is -0.209. The van der Waals surface area contributed by atoms with E-state index in [1.807, 2.05) is 0 Å². The summed E-state index contributed by atoms with van der Waals surface area (Å²) in [6.45, 7) is 10.3. The smallest absolute Gasteiger partial charge is 0.123 e. The van der Waals surface area contributed by atoms with Crippen molar-refractivity contribution >= 4 is 10.9 Å². The van der Waals surface area contributed by atoms with Gasteiger partial charge in [-0.15, -0.1) is 0 Å². The summed E-state index contributed by atoms with van der Waals surface area (Å²) in [4.78, 5) is 4.68. The molecule has 0 amide bonds. The standard InChI is InChI=1S/C17H23FN2/c1-5-8-19-11-12-9-16(17(2,3)4)20-15-7-6-13(18)10-14(12)15/h6-7,9-10,19H,5,8,11H2,1-4H3. The molecule has 2 nitrogen and oxygen atoms in total. The Morgan fingerprint density at radius 1 is 1.20 bits per heavy atom. The largest absolute Gasteiger partial charge is 0.313 e. The van der Waals surface area contributed by atoms with Gasteiger partial charge in [0.05, 0.1) is 5.52 Å². The number of pyridine rings is 1. The van der Waals surface area contributed by atoms with Crippen molar-refractivity contribution in [3.63, 3.8) is 0 Å². The summed E-state index contributed by atoms with van der Waals surface area (Å²) >= 11 is 0. The minimum Gasteiger partial charge on any atom is -0.313 e. The van der Waals surface area contributed by atoms with E-state index in [0.717, 1.165) is 41.7 Å². The van der Waals surface area contributed by atoms with Crippen molar-refractivity contribution in [2.45, 2.75) is 46.1 Å². The van der Waals surface area contributed by atoms with Crippen LogP contribution in [0.3, 0.4) is 0 Å². The van der Waals surface area contributed by atoms with E-state index in [-0.39, 0.29) is 11.2 Å². The maximum absolute atomic E-state index is 13.5. The van der Waals surface area contributed by atoms with E-state index in [4.69, 9.17) is 0 Å². The Morgan fingerprint density at radius 3 is 2.60 bits per heavy atom. The van der Waals surface area contributed by atoms with Crippen molar-refractivity contribution in [1.29, 1.82) is 0 Å². The summed E-state index contributed by atoms with van der Waals surface area (Å²) in [5, 5.41) is 4.30. The highest BCUT2D eigenvalue weighted by atomic mass is 19.1. The maximum Gasteiger partial charge on any atom is 0.123 e. The molecule has 0 aliphatic carbocycles. The van der Waals surface area contributed by atoms with Gasteiger partial charge in [0.25, 0.3) is 0 Å². The van der Waals surface area contributed by atoms with E-state index in [1.165, 1.54) is 6.07 Å². The number of hydrogen-bond acceptors (Lipinski definition) is 2. The first-order valence-electron chi connectivity index (χ1n) is 7.22. The van der Waals surface area contributed by atoms with Crippen LogP contribution >= 0.6 is 0 Å². The van der Waals surface area contributed by atoms with Crippen LogP contribution in [0.5, 0.6) is 0 Å². The van der Waals surface area contributed by atoms with Crippen LogP contribution < -0.4 is 5.32 Å². The van der Waals surface area contributed by atoms with E-state index in [2.05, 4.69) is 44.1 Å². The molecule has 0 saturated heterocycles. The zero-order valence-corrected chi connectivity index (χ0v) is 12.8. The van der Waals surface area contributed by atoms with Crippen LogP contribution in [-0.2, 0) is 12.0 Å². The molecule has 108 valence electrons. The number of rotatable bonds is 4. The molecule has 0 unspecified atom stereocenters. The lowest BCUT2D eigenvalue weighted by molar-refractivity contribution is 0.569. The SMILES string of the molecule is CCCNCc1cc(C(C)(C)C)nc2ccc(F)cc12. The molecule has 0 fully saturated rings. The van der Waals surface area contributed by atoms with Gasteiger partial charge < -0.3 is 5.32 Å². The number of nitrogens with zero attached hydrogens (tertiary/aromatic N) is 1. The number of fused-ring (bicyclic) bond motifs is 1. The van der Waals surface area contributed by atoms with Gasteiger partial charge >= 0.3 is 0 Å². The van der Waals surface area contributed by atoms with Crippen molar-refractivity contribution < 1.29 is 4.39 Å². The van der Waals surface area contributed by atoms with Crippen LogP contribution in [0.4, 0.5) is 4.39 Å². The van der Waals surface area contributed by atoms with Crippen molar-refractivity contribution in [1.82, 2.24) is 10.3 Å². The van der Waals surface area contributed by atoms with Crippen LogP contribution in [0.25, 0.3) is 10.9 Å². The molecule has 0 saturated carbocycles. The molecular weight excluding hydrogens is 251 g/mol. The van der Waals surface area contributed by atoms with Crippen molar-refractivity contribution in [3.05, 3.63) is 41.3 Å². The minimum atomic E-state index is -0.209. The third-order valence-electron chi connectivity index (χ3n) is 3.37. The molecule has 2 aromatic rings. The lowest BCUT2D eigenvalue weighted by Crippen LogP contribution is -2.18. The Labute approximate surface area is 120 Å². The van der Waals surface area contributed by atoms with Gasteiger partial charge in [-0.2, -0.15) is 0 Å². The van der Waals surface area contributed by atoms with Gasteiger partial charge in [0.15, 0.2) is 0 Å². The van der Waals surface area contributed by atoms with E-state index in [0.29, 0.717) is 0 Å². The van der Waals surface area contributed by atoms with Crippen molar-refractivity contribution in [2.24, 2.45) is 0 Å². The Kier molecular flexibility index (Phi) is 4.39. The Hall–Kier alpha value is -1.48. The predicted molar refractivity (Wildman–Crippen MR) is 82.4 cm³/mol. The van der Waals surface area contributed by atoms with E-state index in [1.54, 1.807) is 12.1 Å². The highest BCUT2D eigenvalue weighted by Crippen LogP contribution is 2.26. The third-order valence-corrected chi connectivity index (χ3v) is 3.37. The fourth-order valence-electron chi connectivity index (χ4n) is 2.20. The lowest BCUT2D eigenvalue weighted by Gasteiger charge is -2.20. The highest BCUT2D eigenvalue weighted by molar-refractivity contribution is 5.82. The fraction of sp³-hybridized carbons (Fsp3) is 0.471. The number of hydrogen-bond donors (Lipinski definition) is 1. The average Bonchev–Trinajstić information content (AvgIpc) is 2.38. The quantitative estimate of drug-likeness (QED) is 0.846. The maximum atomic E-state index is 13.5. The zero-order chi connectivity index (χ0) is 14.8. The van der Waals surface area contributed by atoms with Crippen LogP contribution in [0.2, 0.25) is 0 Å². The van der Waals surface area contributed by atoms with Crippen LogP contribution in [-0.4, -0.2) is 11.5 Å². The normalized spacial score (nSPS) is 12.1. The first kappa shape index (κ1) is 14.9. The average molecular weight is 274 g/mol. The van der Waals surface area contributed by atoms with Gasteiger partial charge in [0.2, 0.25) is 0 Å². The predicted octanol–water partition coefficient (Wildman–Crippen LogP) is 4.17. The van der Waals surface area contributed by atoms with Gasteiger partial charge in [-0.3, -0.25) is 4.98 Å². The molecule has 0 spiro atoms. The number of benzene rings is 1. The molecule has 20 heavy (non-hydrogen) atoms. The van der Waals surface area contributed by atoms with E-state index < -0.39 is 0 Å². The molecule has 2 rings (SSSR count).